The third-order valence-corrected chi connectivity index (χ3v) is 14.7. The van der Waals surface area contributed by atoms with E-state index in [9.17, 15) is 28.8 Å². The first-order valence-corrected chi connectivity index (χ1v) is 22.8. The molecule has 4 saturated heterocycles. The number of rotatable bonds is 16. The molecule has 0 radical (unpaired) electrons. The van der Waals surface area contributed by atoms with E-state index >= 15 is 0 Å². The highest BCUT2D eigenvalue weighted by Crippen LogP contribution is 2.47. The monoisotopic (exact) mass is 1020 g/mol. The lowest BCUT2D eigenvalue weighted by Gasteiger charge is -2.47. The van der Waals surface area contributed by atoms with E-state index in [-0.39, 0.29) is 131 Å². The molecule has 7 rings (SSSR count). The zero-order valence-corrected chi connectivity index (χ0v) is 41.1. The van der Waals surface area contributed by atoms with Gasteiger partial charge in [0.25, 0.3) is 0 Å². The van der Waals surface area contributed by atoms with Crippen molar-refractivity contribution in [3.8, 4) is 23.0 Å². The van der Waals surface area contributed by atoms with Crippen molar-refractivity contribution in [1.82, 2.24) is 0 Å². The molecule has 4 aliphatic heterocycles. The standard InChI is InChI=1S/C48H64N2O12.2BrH/c1-7-43(51)59-39-19-11-29(21-41(39)61-45(53)9-3)27-49(5)31-13-14-32(49)24-35(23-31)57-47(55)37-17-18-38(37)48(56)58-36-25-33-15-16-34(26-36)50(33,6)28-30-12-20-40(60-44(52)8-2)42(22-30)62-46(54)10-4;;/h11-12,19-22,31-38H,7-10,13-18,23-28H2,1-6H3;2*1H/q+2;;/p-2/t31-,32+,33-,34+,35?,36?,37?,38?,49?,50?;;. The fourth-order valence-electron chi connectivity index (χ4n) is 10.9. The van der Waals surface area contributed by atoms with Gasteiger partial charge in [-0.1, -0.05) is 27.7 Å². The van der Waals surface area contributed by atoms with E-state index in [1.807, 2.05) is 12.1 Å². The number of quaternary nitrogens is 2. The molecule has 0 N–H and O–H groups in total. The summed E-state index contributed by atoms with van der Waals surface area (Å²) in [6.07, 6.45) is 8.52. The summed E-state index contributed by atoms with van der Waals surface area (Å²) in [5.74, 6) is -2.29. The lowest BCUT2D eigenvalue weighted by atomic mass is 9.73. The molecule has 5 fully saturated rings. The Kier molecular flexibility index (Phi) is 17.3. The number of carbonyl (C=O) groups excluding carboxylic acids is 6. The van der Waals surface area contributed by atoms with Crippen molar-refractivity contribution in [2.75, 3.05) is 14.1 Å². The summed E-state index contributed by atoms with van der Waals surface area (Å²) in [6.45, 7) is 8.22. The van der Waals surface area contributed by atoms with Crippen LogP contribution in [0.1, 0.15) is 129 Å². The van der Waals surface area contributed by atoms with Crippen molar-refractivity contribution >= 4 is 35.8 Å². The highest BCUT2D eigenvalue weighted by Gasteiger charge is 2.55. The van der Waals surface area contributed by atoms with Crippen LogP contribution in [0.2, 0.25) is 0 Å². The Bertz CT molecular complexity index is 1890. The van der Waals surface area contributed by atoms with Crippen molar-refractivity contribution in [1.29, 1.82) is 0 Å². The maximum Gasteiger partial charge on any atom is 0.311 e. The Balaban J connectivity index is 0.00000385. The van der Waals surface area contributed by atoms with E-state index < -0.39 is 35.7 Å². The fourth-order valence-corrected chi connectivity index (χ4v) is 10.9. The molecule has 0 aromatic heterocycles. The number of hydrogen-bond donors (Lipinski definition) is 0. The zero-order valence-electron chi connectivity index (χ0n) is 37.9. The van der Waals surface area contributed by atoms with E-state index in [4.69, 9.17) is 28.4 Å². The van der Waals surface area contributed by atoms with Gasteiger partial charge in [-0.2, -0.15) is 0 Å². The molecule has 0 amide bonds. The maximum absolute atomic E-state index is 13.7. The molecule has 10 atom stereocenters. The minimum atomic E-state index is -0.496. The summed E-state index contributed by atoms with van der Waals surface area (Å²) in [5.41, 5.74) is 1.93. The van der Waals surface area contributed by atoms with Crippen LogP contribution in [0.3, 0.4) is 0 Å². The molecular formula is C48H64Br2N2O12. The molecule has 1 saturated carbocycles. The molecular weight excluding hydrogens is 956 g/mol. The van der Waals surface area contributed by atoms with E-state index in [2.05, 4.69) is 14.1 Å². The van der Waals surface area contributed by atoms with Gasteiger partial charge in [0.15, 0.2) is 23.0 Å². The highest BCUT2D eigenvalue weighted by molar-refractivity contribution is 5.84. The first-order chi connectivity index (χ1) is 29.7. The van der Waals surface area contributed by atoms with Gasteiger partial charge in [-0.3, -0.25) is 28.8 Å². The van der Waals surface area contributed by atoms with Gasteiger partial charge in [-0.05, 0) is 49.2 Å². The molecule has 16 heteroatoms. The second-order valence-corrected chi connectivity index (χ2v) is 18.5. The molecule has 4 heterocycles. The van der Waals surface area contributed by atoms with Crippen molar-refractivity contribution in [3.63, 3.8) is 0 Å². The van der Waals surface area contributed by atoms with Gasteiger partial charge in [0.2, 0.25) is 0 Å². The van der Waals surface area contributed by atoms with E-state index in [1.54, 1.807) is 52.0 Å². The molecule has 64 heavy (non-hydrogen) atoms. The van der Waals surface area contributed by atoms with Gasteiger partial charge in [0.05, 0.1) is 50.1 Å². The first-order valence-electron chi connectivity index (χ1n) is 22.8. The van der Waals surface area contributed by atoms with Gasteiger partial charge < -0.3 is 71.4 Å². The Morgan fingerprint density at radius 3 is 1.05 bits per heavy atom. The number of carbonyl (C=O) groups is 6. The molecule has 352 valence electrons. The molecule has 4 bridgehead atoms. The smallest absolute Gasteiger partial charge is 0.311 e. The van der Waals surface area contributed by atoms with Gasteiger partial charge in [-0.25, -0.2) is 0 Å². The predicted molar refractivity (Wildman–Crippen MR) is 224 cm³/mol. The first kappa shape index (κ1) is 51.1. The number of ether oxygens (including phenoxy) is 6. The summed E-state index contributed by atoms with van der Waals surface area (Å²) in [7, 11) is 4.49. The van der Waals surface area contributed by atoms with Crippen LogP contribution in [-0.4, -0.2) is 95.3 Å². The number of halogens is 2. The van der Waals surface area contributed by atoms with Gasteiger partial charge in [0.1, 0.15) is 25.3 Å². The Hall–Kier alpha value is -3.86. The van der Waals surface area contributed by atoms with Crippen LogP contribution >= 0.6 is 0 Å². The summed E-state index contributed by atoms with van der Waals surface area (Å²) < 4.78 is 36.0. The largest absolute Gasteiger partial charge is 1.00 e. The van der Waals surface area contributed by atoms with E-state index in [1.165, 1.54) is 0 Å². The molecule has 1 aliphatic carbocycles. The Morgan fingerprint density at radius 2 is 0.766 bits per heavy atom. The summed E-state index contributed by atoms with van der Waals surface area (Å²) >= 11 is 0. The van der Waals surface area contributed by atoms with Crippen LogP contribution in [0.25, 0.3) is 0 Å². The number of nitrogens with zero attached hydrogens (tertiary/aromatic N) is 2. The number of hydrogen-bond acceptors (Lipinski definition) is 12. The van der Waals surface area contributed by atoms with Crippen LogP contribution in [-0.2, 0) is 51.3 Å². The van der Waals surface area contributed by atoms with Crippen LogP contribution in [0.15, 0.2) is 36.4 Å². The Morgan fingerprint density at radius 1 is 0.469 bits per heavy atom. The SMILES string of the molecule is CCC(=O)Oc1ccc(C[N+]2(C)[C@@H]3CC[C@H]2CC(OC(=O)C2CCC2C(=O)OC2C[C@H]4CC[C@@H](C2)[N+]4(C)Cc2ccc(OC(=O)CC)c(OC(=O)CC)c2)C3)cc1OC(=O)CC.[Br-].[Br-]. The van der Waals surface area contributed by atoms with Crippen LogP contribution < -0.4 is 52.9 Å². The fraction of sp³-hybridized carbons (Fsp3) is 0.625. The van der Waals surface area contributed by atoms with Crippen LogP contribution in [0.5, 0.6) is 23.0 Å². The zero-order chi connectivity index (χ0) is 44.3. The number of benzene rings is 2. The van der Waals surface area contributed by atoms with Crippen molar-refractivity contribution in [3.05, 3.63) is 47.5 Å². The summed E-state index contributed by atoms with van der Waals surface area (Å²) in [6, 6.07) is 11.9. The summed E-state index contributed by atoms with van der Waals surface area (Å²) in [5, 5.41) is 0. The second kappa shape index (κ2) is 21.6. The highest BCUT2D eigenvalue weighted by atomic mass is 79.9. The predicted octanol–water partition coefficient (Wildman–Crippen LogP) is 1.05. The number of piperidine rings is 2. The molecule has 0 spiro atoms. The van der Waals surface area contributed by atoms with E-state index in [0.29, 0.717) is 25.9 Å². The van der Waals surface area contributed by atoms with Gasteiger partial charge >= 0.3 is 35.8 Å². The molecule has 6 unspecified atom stereocenters. The molecule has 2 aromatic rings. The topological polar surface area (TPSA) is 158 Å². The molecule has 2 aromatic carbocycles. The lowest BCUT2D eigenvalue weighted by molar-refractivity contribution is -0.961. The van der Waals surface area contributed by atoms with Crippen LogP contribution in [0, 0.1) is 11.8 Å². The number of fused-ring (bicyclic) bond motifs is 4. The minimum absolute atomic E-state index is 0. The lowest BCUT2D eigenvalue weighted by Crippen LogP contribution is -3.00. The third kappa shape index (κ3) is 11.0. The quantitative estimate of drug-likeness (QED) is 0.134. The van der Waals surface area contributed by atoms with E-state index in [0.717, 1.165) is 71.5 Å². The second-order valence-electron chi connectivity index (χ2n) is 18.5. The van der Waals surface area contributed by atoms with Crippen molar-refractivity contribution in [2.45, 2.75) is 167 Å². The minimum Gasteiger partial charge on any atom is -1.00 e. The summed E-state index contributed by atoms with van der Waals surface area (Å²) in [4.78, 5) is 75.9. The molecule has 14 nitrogen and oxygen atoms in total. The molecule has 5 aliphatic rings. The average Bonchev–Trinajstić information content (AvgIpc) is 3.45. The van der Waals surface area contributed by atoms with Crippen molar-refractivity contribution < 1.29 is 100 Å². The average molecular weight is 1020 g/mol. The van der Waals surface area contributed by atoms with Gasteiger partial charge in [-0.15, -0.1) is 0 Å². The normalized spacial score (nSPS) is 29.7. The third-order valence-electron chi connectivity index (χ3n) is 14.7. The maximum atomic E-state index is 13.7. The van der Waals surface area contributed by atoms with Gasteiger partial charge in [0, 0.05) is 88.2 Å². The Labute approximate surface area is 397 Å². The number of esters is 6. The van der Waals surface area contributed by atoms with Crippen LogP contribution in [0.4, 0.5) is 0 Å². The van der Waals surface area contributed by atoms with Crippen molar-refractivity contribution in [2.24, 2.45) is 11.8 Å².